The molecule has 8 heteroatoms. The number of nitrogens with zero attached hydrogens (tertiary/aromatic N) is 1. The van der Waals surface area contributed by atoms with Gasteiger partial charge < -0.3 is 14.8 Å². The second kappa shape index (κ2) is 9.51. The molecule has 0 heterocycles. The van der Waals surface area contributed by atoms with Gasteiger partial charge in [-0.05, 0) is 38.0 Å². The molecule has 0 bridgehead atoms. The number of hydrogen-bond acceptors (Lipinski definition) is 5. The number of hydrogen-bond donors (Lipinski definition) is 1. The van der Waals surface area contributed by atoms with E-state index in [9.17, 15) is 19.3 Å². The summed E-state index contributed by atoms with van der Waals surface area (Å²) in [5.41, 5.74) is 0.552. The topological polar surface area (TPSA) is 90.7 Å². The second-order valence-electron chi connectivity index (χ2n) is 5.61. The summed E-state index contributed by atoms with van der Waals surface area (Å²) in [7, 11) is 0. The second-order valence-corrected chi connectivity index (χ2v) is 5.61. The Morgan fingerprint density at radius 2 is 1.70 bits per heavy atom. The lowest BCUT2D eigenvalue weighted by atomic mass is 10.1. The summed E-state index contributed by atoms with van der Waals surface area (Å²) < 4.78 is 23.8. The zero-order chi connectivity index (χ0) is 19.8. The Morgan fingerprint density at radius 1 is 1.11 bits per heavy atom. The van der Waals surface area contributed by atoms with E-state index in [2.05, 4.69) is 5.32 Å². The summed E-state index contributed by atoms with van der Waals surface area (Å²) in [5.74, 6) is -0.181. The van der Waals surface area contributed by atoms with E-state index in [-0.39, 0.29) is 29.4 Å². The molecule has 0 saturated heterocycles. The van der Waals surface area contributed by atoms with Crippen molar-refractivity contribution in [3.8, 4) is 11.5 Å². The maximum atomic E-state index is 12.9. The summed E-state index contributed by atoms with van der Waals surface area (Å²) >= 11 is 0. The fourth-order valence-electron chi connectivity index (χ4n) is 2.46. The Labute approximate surface area is 156 Å². The number of carbonyl (C=O) groups is 1. The molecule has 2 rings (SSSR count). The van der Waals surface area contributed by atoms with Gasteiger partial charge in [0.05, 0.1) is 24.2 Å². The first-order chi connectivity index (χ1) is 12.9. The molecule has 0 aliphatic heterocycles. The van der Waals surface area contributed by atoms with Crippen LogP contribution in [0.5, 0.6) is 11.5 Å². The quantitative estimate of drug-likeness (QED) is 0.525. The van der Waals surface area contributed by atoms with Gasteiger partial charge in [-0.2, -0.15) is 0 Å². The monoisotopic (exact) mass is 376 g/mol. The van der Waals surface area contributed by atoms with Crippen LogP contribution in [0.1, 0.15) is 25.8 Å². The minimum absolute atomic E-state index is 0.0380. The summed E-state index contributed by atoms with van der Waals surface area (Å²) in [6, 6.07) is 8.45. The molecule has 0 aliphatic rings. The van der Waals surface area contributed by atoms with Crippen molar-refractivity contribution in [1.82, 2.24) is 0 Å². The molecule has 0 saturated carbocycles. The average Bonchev–Trinajstić information content (AvgIpc) is 2.63. The molecule has 7 nitrogen and oxygen atoms in total. The number of benzene rings is 2. The van der Waals surface area contributed by atoms with Crippen LogP contribution in [0.15, 0.2) is 36.4 Å². The maximum absolute atomic E-state index is 12.9. The predicted molar refractivity (Wildman–Crippen MR) is 98.8 cm³/mol. The normalized spacial score (nSPS) is 10.3. The molecule has 0 unspecified atom stereocenters. The number of nitro benzene ring substituents is 1. The Hall–Kier alpha value is -3.16. The molecule has 0 atom stereocenters. The Kier molecular flexibility index (Phi) is 7.10. The summed E-state index contributed by atoms with van der Waals surface area (Å²) in [6.45, 7) is 4.20. The molecule has 0 fully saturated rings. The lowest BCUT2D eigenvalue weighted by molar-refractivity contribution is -0.384. The number of nitrogens with one attached hydrogen (secondary N) is 1. The van der Waals surface area contributed by atoms with E-state index in [0.29, 0.717) is 25.4 Å². The van der Waals surface area contributed by atoms with Crippen LogP contribution in [0.2, 0.25) is 0 Å². The number of carbonyl (C=O) groups excluding carboxylic acids is 1. The van der Waals surface area contributed by atoms with E-state index in [0.717, 1.165) is 5.56 Å². The van der Waals surface area contributed by atoms with Crippen molar-refractivity contribution in [3.63, 3.8) is 0 Å². The highest BCUT2D eigenvalue weighted by Gasteiger charge is 2.21. The van der Waals surface area contributed by atoms with Gasteiger partial charge in [0, 0.05) is 12.5 Å². The molecule has 0 aromatic heterocycles. The highest BCUT2D eigenvalue weighted by molar-refractivity contribution is 5.93. The summed E-state index contributed by atoms with van der Waals surface area (Å²) in [5, 5.41) is 13.9. The molecule has 1 amide bonds. The van der Waals surface area contributed by atoms with E-state index in [1.54, 1.807) is 26.0 Å². The van der Waals surface area contributed by atoms with Crippen LogP contribution in [0.25, 0.3) is 0 Å². The van der Waals surface area contributed by atoms with Gasteiger partial charge in [0.25, 0.3) is 5.69 Å². The average molecular weight is 376 g/mol. The van der Waals surface area contributed by atoms with Gasteiger partial charge in [-0.1, -0.05) is 12.1 Å². The lowest BCUT2D eigenvalue weighted by Gasteiger charge is -2.13. The number of anilines is 1. The SMILES string of the molecule is CCOc1cc(NC(=O)CCc2ccc(F)cc2)c([N+](=O)[O-])cc1OCC. The van der Waals surface area contributed by atoms with Crippen molar-refractivity contribution < 1.29 is 23.6 Å². The Bertz CT molecular complexity index is 808. The molecule has 0 aliphatic carbocycles. The fourth-order valence-corrected chi connectivity index (χ4v) is 2.46. The van der Waals surface area contributed by atoms with Crippen LogP contribution in [0.3, 0.4) is 0 Å². The lowest BCUT2D eigenvalue weighted by Crippen LogP contribution is -2.14. The highest BCUT2D eigenvalue weighted by Crippen LogP contribution is 2.38. The molecule has 2 aromatic carbocycles. The molecular formula is C19H21FN2O5. The largest absolute Gasteiger partial charge is 0.490 e. The number of amides is 1. The van der Waals surface area contributed by atoms with Gasteiger partial charge in [-0.3, -0.25) is 14.9 Å². The minimum Gasteiger partial charge on any atom is -0.490 e. The fraction of sp³-hybridized carbons (Fsp3) is 0.316. The van der Waals surface area contributed by atoms with Crippen molar-refractivity contribution in [3.05, 3.63) is 57.9 Å². The van der Waals surface area contributed by atoms with E-state index in [1.807, 2.05) is 0 Å². The molecule has 144 valence electrons. The number of halogens is 1. The van der Waals surface area contributed by atoms with Gasteiger partial charge >= 0.3 is 0 Å². The van der Waals surface area contributed by atoms with Gasteiger partial charge in [-0.15, -0.1) is 0 Å². The van der Waals surface area contributed by atoms with Gasteiger partial charge in [-0.25, -0.2) is 4.39 Å². The van der Waals surface area contributed by atoms with Crippen LogP contribution in [0.4, 0.5) is 15.8 Å². The molecular weight excluding hydrogens is 355 g/mol. The number of ether oxygens (including phenoxy) is 2. The summed E-state index contributed by atoms with van der Waals surface area (Å²) in [4.78, 5) is 23.0. The van der Waals surface area contributed by atoms with Gasteiger partial charge in [0.1, 0.15) is 11.5 Å². The molecule has 2 aromatic rings. The van der Waals surface area contributed by atoms with E-state index in [1.165, 1.54) is 24.3 Å². The van der Waals surface area contributed by atoms with E-state index < -0.39 is 10.8 Å². The van der Waals surface area contributed by atoms with Gasteiger partial charge in [0.15, 0.2) is 11.5 Å². The number of rotatable bonds is 9. The smallest absolute Gasteiger partial charge is 0.296 e. The highest BCUT2D eigenvalue weighted by atomic mass is 19.1. The van der Waals surface area contributed by atoms with Crippen LogP contribution in [-0.4, -0.2) is 24.0 Å². The van der Waals surface area contributed by atoms with Crippen molar-refractivity contribution in [2.75, 3.05) is 18.5 Å². The van der Waals surface area contributed by atoms with Crippen molar-refractivity contribution in [1.29, 1.82) is 0 Å². The number of nitro groups is 1. The van der Waals surface area contributed by atoms with Crippen LogP contribution in [-0.2, 0) is 11.2 Å². The van der Waals surface area contributed by atoms with Crippen molar-refractivity contribution >= 4 is 17.3 Å². The van der Waals surface area contributed by atoms with Crippen LogP contribution in [0, 0.1) is 15.9 Å². The third-order valence-corrected chi connectivity index (χ3v) is 3.69. The first-order valence-electron chi connectivity index (χ1n) is 8.56. The Morgan fingerprint density at radius 3 is 2.26 bits per heavy atom. The molecule has 0 spiro atoms. The van der Waals surface area contributed by atoms with Crippen LogP contribution < -0.4 is 14.8 Å². The number of aryl methyl sites for hydroxylation is 1. The standard InChI is InChI=1S/C19H21FN2O5/c1-3-26-17-11-15(16(22(24)25)12-18(17)27-4-2)21-19(23)10-7-13-5-8-14(20)9-6-13/h5-6,8-9,11-12H,3-4,7,10H2,1-2H3,(H,21,23). The Balaban J connectivity index is 2.17. The molecule has 1 N–H and O–H groups in total. The van der Waals surface area contributed by atoms with E-state index in [4.69, 9.17) is 9.47 Å². The molecule has 27 heavy (non-hydrogen) atoms. The van der Waals surface area contributed by atoms with Crippen molar-refractivity contribution in [2.24, 2.45) is 0 Å². The third kappa shape index (κ3) is 5.67. The first kappa shape index (κ1) is 20.2. The minimum atomic E-state index is -0.589. The first-order valence-corrected chi connectivity index (χ1v) is 8.56. The summed E-state index contributed by atoms with van der Waals surface area (Å²) in [6.07, 6.45) is 0.481. The zero-order valence-corrected chi connectivity index (χ0v) is 15.2. The predicted octanol–water partition coefficient (Wildman–Crippen LogP) is 4.10. The third-order valence-electron chi connectivity index (χ3n) is 3.69. The molecule has 0 radical (unpaired) electrons. The van der Waals surface area contributed by atoms with Crippen molar-refractivity contribution in [2.45, 2.75) is 26.7 Å². The van der Waals surface area contributed by atoms with Gasteiger partial charge in [0.2, 0.25) is 5.91 Å². The van der Waals surface area contributed by atoms with Crippen LogP contribution >= 0.6 is 0 Å². The maximum Gasteiger partial charge on any atom is 0.296 e. The van der Waals surface area contributed by atoms with E-state index >= 15 is 0 Å². The zero-order valence-electron chi connectivity index (χ0n) is 15.2.